The van der Waals surface area contributed by atoms with E-state index in [1.54, 1.807) is 30.3 Å². The summed E-state index contributed by atoms with van der Waals surface area (Å²) in [5, 5.41) is 15.9. The minimum absolute atomic E-state index is 0.0275. The van der Waals surface area contributed by atoms with E-state index in [1.165, 1.54) is 23.1 Å². The molecule has 1 aromatic heterocycles. The highest BCUT2D eigenvalue weighted by atomic mass is 35.5. The number of aromatic nitrogens is 1. The van der Waals surface area contributed by atoms with Crippen molar-refractivity contribution in [3.05, 3.63) is 59.6 Å². The number of thioether (sulfide) groups is 1. The Kier molecular flexibility index (Phi) is 6.33. The number of fused-ring (bicyclic) bond motifs is 3. The van der Waals surface area contributed by atoms with Crippen LogP contribution >= 0.6 is 34.7 Å². The predicted octanol–water partition coefficient (Wildman–Crippen LogP) is 5.14. The zero-order valence-electron chi connectivity index (χ0n) is 17.7. The van der Waals surface area contributed by atoms with Gasteiger partial charge in [0.2, 0.25) is 11.8 Å². The SMILES string of the molecule is O=C(CSc1nc2ccc(NC(=O)[C@@H]3[C@@H](C(=O)O)[C@H]4C=C[C@H]3C4)cc2s1)Nc1ccc(Cl)cc1. The molecule has 0 aliphatic heterocycles. The van der Waals surface area contributed by atoms with Gasteiger partial charge in [-0.1, -0.05) is 35.5 Å². The van der Waals surface area contributed by atoms with Gasteiger partial charge in [0, 0.05) is 16.4 Å². The Labute approximate surface area is 208 Å². The van der Waals surface area contributed by atoms with Crippen molar-refractivity contribution in [2.24, 2.45) is 23.7 Å². The van der Waals surface area contributed by atoms with Crippen LogP contribution < -0.4 is 10.6 Å². The zero-order chi connectivity index (χ0) is 23.8. The number of hydrogen-bond acceptors (Lipinski definition) is 6. The van der Waals surface area contributed by atoms with Crippen molar-refractivity contribution in [3.63, 3.8) is 0 Å². The molecule has 3 aromatic rings. The van der Waals surface area contributed by atoms with Gasteiger partial charge in [0.05, 0.1) is 27.8 Å². The number of carboxylic acid groups (broad SMARTS) is 1. The van der Waals surface area contributed by atoms with Gasteiger partial charge in [-0.25, -0.2) is 4.98 Å². The first-order chi connectivity index (χ1) is 16.4. The summed E-state index contributed by atoms with van der Waals surface area (Å²) in [6.45, 7) is 0. The van der Waals surface area contributed by atoms with Crippen LogP contribution in [-0.4, -0.2) is 33.6 Å². The Hall–Kier alpha value is -2.88. The van der Waals surface area contributed by atoms with Gasteiger partial charge in [-0.2, -0.15) is 0 Å². The van der Waals surface area contributed by atoms with Crippen molar-refractivity contribution in [2.75, 3.05) is 16.4 Å². The first-order valence-electron chi connectivity index (χ1n) is 10.7. The van der Waals surface area contributed by atoms with Crippen LogP contribution in [0.4, 0.5) is 11.4 Å². The molecule has 3 N–H and O–H groups in total. The predicted molar refractivity (Wildman–Crippen MR) is 134 cm³/mol. The highest BCUT2D eigenvalue weighted by molar-refractivity contribution is 8.01. The van der Waals surface area contributed by atoms with Crippen molar-refractivity contribution in [3.8, 4) is 0 Å². The first-order valence-corrected chi connectivity index (χ1v) is 12.9. The molecule has 1 fully saturated rings. The maximum absolute atomic E-state index is 12.9. The number of halogens is 1. The second-order valence-electron chi connectivity index (χ2n) is 8.33. The average molecular weight is 514 g/mol. The highest BCUT2D eigenvalue weighted by Crippen LogP contribution is 2.48. The van der Waals surface area contributed by atoms with Crippen LogP contribution in [-0.2, 0) is 14.4 Å². The molecular weight excluding hydrogens is 494 g/mol. The largest absolute Gasteiger partial charge is 0.481 e. The molecule has 2 aliphatic carbocycles. The number of nitrogens with one attached hydrogen (secondary N) is 2. The molecule has 1 saturated carbocycles. The summed E-state index contributed by atoms with van der Waals surface area (Å²) in [5.74, 6) is -2.45. The summed E-state index contributed by atoms with van der Waals surface area (Å²) >= 11 is 8.63. The minimum atomic E-state index is -0.920. The fourth-order valence-electron chi connectivity index (χ4n) is 4.64. The van der Waals surface area contributed by atoms with Gasteiger partial charge >= 0.3 is 5.97 Å². The fourth-order valence-corrected chi connectivity index (χ4v) is 6.68. The lowest BCUT2D eigenvalue weighted by molar-refractivity contribution is -0.146. The molecule has 7 nitrogen and oxygen atoms in total. The van der Waals surface area contributed by atoms with Gasteiger partial charge in [0.15, 0.2) is 4.34 Å². The molecule has 2 aromatic carbocycles. The summed E-state index contributed by atoms with van der Waals surface area (Å²) in [6.07, 6.45) is 4.61. The van der Waals surface area contributed by atoms with Crippen LogP contribution in [0.5, 0.6) is 0 Å². The van der Waals surface area contributed by atoms with Gasteiger partial charge in [-0.3, -0.25) is 14.4 Å². The van der Waals surface area contributed by atoms with E-state index in [2.05, 4.69) is 15.6 Å². The van der Waals surface area contributed by atoms with Crippen molar-refractivity contribution in [2.45, 2.75) is 10.8 Å². The van der Waals surface area contributed by atoms with E-state index in [9.17, 15) is 19.5 Å². The Morgan fingerprint density at radius 2 is 1.74 bits per heavy atom. The number of nitrogens with zero attached hydrogens (tertiary/aromatic N) is 1. The molecule has 2 aliphatic rings. The molecule has 174 valence electrons. The minimum Gasteiger partial charge on any atom is -0.481 e. The molecule has 0 radical (unpaired) electrons. The molecule has 0 spiro atoms. The lowest BCUT2D eigenvalue weighted by atomic mass is 9.82. The number of carbonyl (C=O) groups is 3. The molecule has 5 rings (SSSR count). The van der Waals surface area contributed by atoms with Crippen LogP contribution in [0.3, 0.4) is 0 Å². The molecule has 10 heteroatoms. The third-order valence-corrected chi connectivity index (χ3v) is 8.55. The Balaban J connectivity index is 1.22. The van der Waals surface area contributed by atoms with Crippen LogP contribution in [0.1, 0.15) is 6.42 Å². The average Bonchev–Trinajstić information content (AvgIpc) is 3.53. The monoisotopic (exact) mass is 513 g/mol. The molecule has 2 amide bonds. The maximum atomic E-state index is 12.9. The molecule has 4 atom stereocenters. The van der Waals surface area contributed by atoms with Crippen molar-refractivity contribution in [1.82, 2.24) is 4.98 Å². The number of carboxylic acids is 1. The van der Waals surface area contributed by atoms with Crippen molar-refractivity contribution < 1.29 is 19.5 Å². The van der Waals surface area contributed by atoms with Gasteiger partial charge in [-0.15, -0.1) is 11.3 Å². The van der Waals surface area contributed by atoms with Gasteiger partial charge in [0.25, 0.3) is 0 Å². The number of aliphatic carboxylic acids is 1. The quantitative estimate of drug-likeness (QED) is 0.298. The van der Waals surface area contributed by atoms with E-state index in [1.807, 2.05) is 24.3 Å². The van der Waals surface area contributed by atoms with Gasteiger partial charge in [0.1, 0.15) is 0 Å². The van der Waals surface area contributed by atoms with E-state index < -0.39 is 17.8 Å². The maximum Gasteiger partial charge on any atom is 0.307 e. The summed E-state index contributed by atoms with van der Waals surface area (Å²) < 4.78 is 1.62. The molecule has 2 bridgehead atoms. The zero-order valence-corrected chi connectivity index (χ0v) is 20.1. The third-order valence-electron chi connectivity index (χ3n) is 6.14. The first kappa shape index (κ1) is 22.9. The Morgan fingerprint density at radius 3 is 2.47 bits per heavy atom. The van der Waals surface area contributed by atoms with E-state index >= 15 is 0 Å². The highest BCUT2D eigenvalue weighted by Gasteiger charge is 2.51. The summed E-state index contributed by atoms with van der Waals surface area (Å²) in [5.41, 5.74) is 2.06. The van der Waals surface area contributed by atoms with Crippen LogP contribution in [0.25, 0.3) is 10.2 Å². The molecular formula is C24H20ClN3O4S2. The Bertz CT molecular complexity index is 1310. The number of carbonyl (C=O) groups excluding carboxylic acids is 2. The lowest BCUT2D eigenvalue weighted by Crippen LogP contribution is -2.36. The van der Waals surface area contributed by atoms with Crippen molar-refractivity contribution >= 4 is 74.1 Å². The molecule has 0 saturated heterocycles. The van der Waals surface area contributed by atoms with Gasteiger partial charge in [-0.05, 0) is 60.7 Å². The van der Waals surface area contributed by atoms with Crippen LogP contribution in [0, 0.1) is 23.7 Å². The third kappa shape index (κ3) is 4.68. The number of thiazole rings is 1. The summed E-state index contributed by atoms with van der Waals surface area (Å²) in [6, 6.07) is 12.3. The number of hydrogen-bond donors (Lipinski definition) is 3. The molecule has 34 heavy (non-hydrogen) atoms. The Morgan fingerprint density at radius 1 is 1.03 bits per heavy atom. The topological polar surface area (TPSA) is 108 Å². The second-order valence-corrected chi connectivity index (χ2v) is 11.0. The van der Waals surface area contributed by atoms with Gasteiger partial charge < -0.3 is 15.7 Å². The number of benzene rings is 2. The number of allylic oxidation sites excluding steroid dienone is 2. The van der Waals surface area contributed by atoms with E-state index in [0.717, 1.165) is 21.0 Å². The van der Waals surface area contributed by atoms with Crippen LogP contribution in [0.2, 0.25) is 5.02 Å². The summed E-state index contributed by atoms with van der Waals surface area (Å²) in [4.78, 5) is 41.4. The van der Waals surface area contributed by atoms with E-state index in [-0.39, 0.29) is 29.4 Å². The number of rotatable bonds is 7. The molecule has 0 unspecified atom stereocenters. The number of anilines is 2. The fraction of sp³-hybridized carbons (Fsp3) is 0.250. The normalized spacial score (nSPS) is 22.7. The van der Waals surface area contributed by atoms with Crippen LogP contribution in [0.15, 0.2) is 59.0 Å². The van der Waals surface area contributed by atoms with Crippen molar-refractivity contribution in [1.29, 1.82) is 0 Å². The smallest absolute Gasteiger partial charge is 0.307 e. The summed E-state index contributed by atoms with van der Waals surface area (Å²) in [7, 11) is 0. The standard InChI is InChI=1S/C24H20ClN3O4S2/c25-14-3-5-15(6-4-14)26-19(29)11-33-24-28-17-8-7-16(10-18(17)34-24)27-22(30)20-12-1-2-13(9-12)21(20)23(31)32/h1-8,10,12-13,20-21H,9,11H2,(H,26,29)(H,27,30)(H,31,32)/t12-,13-,20-,21-/m0/s1. The molecule has 1 heterocycles. The van der Waals surface area contributed by atoms with E-state index in [4.69, 9.17) is 11.6 Å². The second kappa shape index (κ2) is 9.40. The lowest BCUT2D eigenvalue weighted by Gasteiger charge is -2.23. The number of amides is 2. The van der Waals surface area contributed by atoms with E-state index in [0.29, 0.717) is 16.4 Å².